The van der Waals surface area contributed by atoms with E-state index in [1.807, 2.05) is 13.8 Å². The van der Waals surface area contributed by atoms with Gasteiger partial charge in [-0.15, -0.1) is 0 Å². The molecule has 0 saturated carbocycles. The summed E-state index contributed by atoms with van der Waals surface area (Å²) in [5, 5.41) is 13.0. The molecule has 0 aliphatic heterocycles. The van der Waals surface area contributed by atoms with E-state index in [-0.39, 0.29) is 6.04 Å². The Hall–Kier alpha value is -1.01. The second-order valence-corrected chi connectivity index (χ2v) is 5.08. The first-order chi connectivity index (χ1) is 7.44. The van der Waals surface area contributed by atoms with Crippen molar-refractivity contribution in [3.63, 3.8) is 0 Å². The van der Waals surface area contributed by atoms with E-state index in [0.29, 0.717) is 5.75 Å². The van der Waals surface area contributed by atoms with Crippen LogP contribution in [0, 0.1) is 0 Å². The zero-order chi connectivity index (χ0) is 12.2. The second-order valence-electron chi connectivity index (χ2n) is 4.12. The number of carboxylic acids is 1. The zero-order valence-electron chi connectivity index (χ0n) is 9.65. The SMILES string of the molecule is CC(C)NC(C)(CSc1ncc[nH]1)C(=O)O. The monoisotopic (exact) mass is 243 g/mol. The fourth-order valence-electron chi connectivity index (χ4n) is 1.34. The molecule has 0 spiro atoms. The molecule has 0 aromatic carbocycles. The topological polar surface area (TPSA) is 78.0 Å². The number of aromatic amines is 1. The van der Waals surface area contributed by atoms with Gasteiger partial charge in [0.25, 0.3) is 0 Å². The molecule has 1 aromatic rings. The van der Waals surface area contributed by atoms with Gasteiger partial charge in [0.1, 0.15) is 5.54 Å². The maximum Gasteiger partial charge on any atom is 0.324 e. The number of thioether (sulfide) groups is 1. The van der Waals surface area contributed by atoms with Gasteiger partial charge in [0, 0.05) is 24.2 Å². The van der Waals surface area contributed by atoms with Crippen molar-refractivity contribution in [1.29, 1.82) is 0 Å². The molecule has 0 aliphatic rings. The highest BCUT2D eigenvalue weighted by molar-refractivity contribution is 7.99. The number of rotatable bonds is 6. The van der Waals surface area contributed by atoms with Crippen LogP contribution >= 0.6 is 11.8 Å². The normalized spacial score (nSPS) is 15.0. The number of aliphatic carboxylic acids is 1. The number of carboxylic acid groups (broad SMARTS) is 1. The van der Waals surface area contributed by atoms with E-state index in [4.69, 9.17) is 0 Å². The Morgan fingerprint density at radius 3 is 2.88 bits per heavy atom. The Labute approximate surface area is 99.0 Å². The van der Waals surface area contributed by atoms with Crippen molar-refractivity contribution in [1.82, 2.24) is 15.3 Å². The van der Waals surface area contributed by atoms with Gasteiger partial charge in [0.05, 0.1) is 0 Å². The fraction of sp³-hybridized carbons (Fsp3) is 0.600. The predicted molar refractivity (Wildman–Crippen MR) is 63.6 cm³/mol. The van der Waals surface area contributed by atoms with Gasteiger partial charge in [0.2, 0.25) is 0 Å². The van der Waals surface area contributed by atoms with Crippen LogP contribution in [-0.2, 0) is 4.79 Å². The lowest BCUT2D eigenvalue weighted by Gasteiger charge is -2.27. The van der Waals surface area contributed by atoms with Crippen LogP contribution in [0.15, 0.2) is 17.6 Å². The molecule has 0 radical (unpaired) electrons. The Kier molecular flexibility index (Phi) is 4.37. The van der Waals surface area contributed by atoms with Crippen molar-refractivity contribution >= 4 is 17.7 Å². The van der Waals surface area contributed by atoms with Gasteiger partial charge in [-0.05, 0) is 20.8 Å². The fourth-order valence-corrected chi connectivity index (χ4v) is 2.26. The van der Waals surface area contributed by atoms with Crippen LogP contribution in [0.4, 0.5) is 0 Å². The summed E-state index contributed by atoms with van der Waals surface area (Å²) in [5.74, 6) is -0.422. The summed E-state index contributed by atoms with van der Waals surface area (Å²) < 4.78 is 0. The van der Waals surface area contributed by atoms with E-state index >= 15 is 0 Å². The molecule has 90 valence electrons. The molecule has 6 heteroatoms. The zero-order valence-corrected chi connectivity index (χ0v) is 10.5. The van der Waals surface area contributed by atoms with Crippen molar-refractivity contribution < 1.29 is 9.90 Å². The van der Waals surface area contributed by atoms with Gasteiger partial charge in [-0.25, -0.2) is 4.98 Å². The lowest BCUT2D eigenvalue weighted by molar-refractivity contribution is -0.143. The maximum absolute atomic E-state index is 11.2. The maximum atomic E-state index is 11.2. The van der Waals surface area contributed by atoms with Crippen molar-refractivity contribution in [2.24, 2.45) is 0 Å². The van der Waals surface area contributed by atoms with E-state index in [2.05, 4.69) is 15.3 Å². The summed E-state index contributed by atoms with van der Waals surface area (Å²) in [4.78, 5) is 18.2. The van der Waals surface area contributed by atoms with Crippen LogP contribution in [0.3, 0.4) is 0 Å². The smallest absolute Gasteiger partial charge is 0.324 e. The van der Waals surface area contributed by atoms with Crippen LogP contribution < -0.4 is 5.32 Å². The van der Waals surface area contributed by atoms with Crippen molar-refractivity contribution in [3.05, 3.63) is 12.4 Å². The molecule has 3 N–H and O–H groups in total. The van der Waals surface area contributed by atoms with Gasteiger partial charge in [0.15, 0.2) is 5.16 Å². The molecule has 1 atom stereocenters. The summed E-state index contributed by atoms with van der Waals surface area (Å²) in [5.41, 5.74) is -0.939. The third-order valence-electron chi connectivity index (χ3n) is 2.05. The van der Waals surface area contributed by atoms with Gasteiger partial charge < -0.3 is 10.1 Å². The third kappa shape index (κ3) is 3.53. The summed E-state index contributed by atoms with van der Waals surface area (Å²) in [6.07, 6.45) is 3.37. The van der Waals surface area contributed by atoms with Crippen molar-refractivity contribution in [2.75, 3.05) is 5.75 Å². The first-order valence-electron chi connectivity index (χ1n) is 5.07. The summed E-state index contributed by atoms with van der Waals surface area (Å²) in [6.45, 7) is 5.54. The third-order valence-corrected chi connectivity index (χ3v) is 3.27. The molecule has 16 heavy (non-hydrogen) atoms. The van der Waals surface area contributed by atoms with Crippen molar-refractivity contribution in [2.45, 2.75) is 37.5 Å². The Morgan fingerprint density at radius 1 is 1.75 bits per heavy atom. The average Bonchev–Trinajstić information content (AvgIpc) is 2.65. The standard InChI is InChI=1S/C10H17N3O2S/c1-7(2)13-10(3,8(14)15)6-16-9-11-4-5-12-9/h4-5,7,13H,6H2,1-3H3,(H,11,12)(H,14,15). The van der Waals surface area contributed by atoms with Crippen LogP contribution in [-0.4, -0.2) is 38.4 Å². The summed E-state index contributed by atoms with van der Waals surface area (Å²) in [7, 11) is 0. The van der Waals surface area contributed by atoms with E-state index in [0.717, 1.165) is 5.16 Å². The molecule has 0 bridgehead atoms. The van der Waals surface area contributed by atoms with Crippen LogP contribution in [0.25, 0.3) is 0 Å². The molecule has 1 rings (SSSR count). The minimum absolute atomic E-state index is 0.123. The highest BCUT2D eigenvalue weighted by Gasteiger charge is 2.33. The molecule has 1 unspecified atom stereocenters. The molecule has 5 nitrogen and oxygen atoms in total. The van der Waals surface area contributed by atoms with E-state index < -0.39 is 11.5 Å². The lowest BCUT2D eigenvalue weighted by atomic mass is 10.1. The molecular weight excluding hydrogens is 226 g/mol. The predicted octanol–water partition coefficient (Wildman–Crippen LogP) is 1.34. The number of hydrogen-bond donors (Lipinski definition) is 3. The van der Waals surface area contributed by atoms with E-state index in [1.165, 1.54) is 11.8 Å². The second kappa shape index (κ2) is 5.36. The highest BCUT2D eigenvalue weighted by Crippen LogP contribution is 2.19. The van der Waals surface area contributed by atoms with Gasteiger partial charge >= 0.3 is 5.97 Å². The van der Waals surface area contributed by atoms with Gasteiger partial charge in [-0.2, -0.15) is 0 Å². The van der Waals surface area contributed by atoms with Crippen LogP contribution in [0.1, 0.15) is 20.8 Å². The molecule has 0 aliphatic carbocycles. The molecule has 1 aromatic heterocycles. The highest BCUT2D eigenvalue weighted by atomic mass is 32.2. The number of H-pyrrole nitrogens is 1. The van der Waals surface area contributed by atoms with Gasteiger partial charge in [-0.1, -0.05) is 11.8 Å². The number of carbonyl (C=O) groups is 1. The first-order valence-corrected chi connectivity index (χ1v) is 6.06. The number of nitrogens with one attached hydrogen (secondary N) is 2. The Balaban J connectivity index is 2.61. The van der Waals surface area contributed by atoms with Gasteiger partial charge in [-0.3, -0.25) is 10.1 Å². The Morgan fingerprint density at radius 2 is 2.44 bits per heavy atom. The first kappa shape index (κ1) is 13.1. The summed E-state index contributed by atoms with van der Waals surface area (Å²) in [6, 6.07) is 0.123. The minimum Gasteiger partial charge on any atom is -0.480 e. The van der Waals surface area contributed by atoms with Crippen LogP contribution in [0.5, 0.6) is 0 Å². The molecule has 1 heterocycles. The largest absolute Gasteiger partial charge is 0.480 e. The molecule has 0 fully saturated rings. The van der Waals surface area contributed by atoms with Crippen LogP contribution in [0.2, 0.25) is 0 Å². The molecular formula is C10H17N3O2S. The number of hydrogen-bond acceptors (Lipinski definition) is 4. The number of aromatic nitrogens is 2. The average molecular weight is 243 g/mol. The van der Waals surface area contributed by atoms with E-state index in [1.54, 1.807) is 19.3 Å². The lowest BCUT2D eigenvalue weighted by Crippen LogP contribution is -2.54. The molecule has 0 amide bonds. The van der Waals surface area contributed by atoms with E-state index in [9.17, 15) is 9.90 Å². The molecule has 0 saturated heterocycles. The minimum atomic E-state index is -0.939. The number of imidazole rings is 1. The Bertz CT molecular complexity index is 340. The quantitative estimate of drug-likeness (QED) is 0.657. The van der Waals surface area contributed by atoms with Crippen molar-refractivity contribution in [3.8, 4) is 0 Å². The number of nitrogens with zero attached hydrogens (tertiary/aromatic N) is 1. The summed E-state index contributed by atoms with van der Waals surface area (Å²) >= 11 is 1.39.